The minimum absolute atomic E-state index is 0.230. The molecule has 1 aromatic carbocycles. The van der Waals surface area contributed by atoms with Gasteiger partial charge in [0.1, 0.15) is 10.8 Å². The highest BCUT2D eigenvalue weighted by Crippen LogP contribution is 2.27. The highest BCUT2D eigenvalue weighted by Gasteiger charge is 2.03. The lowest BCUT2D eigenvalue weighted by atomic mass is 10.4. The van der Waals surface area contributed by atoms with Crippen LogP contribution in [0.3, 0.4) is 0 Å². The Hall–Kier alpha value is -1.62. The Kier molecular flexibility index (Phi) is 4.15. The third kappa shape index (κ3) is 3.43. The quantitative estimate of drug-likeness (QED) is 0.857. The van der Waals surface area contributed by atoms with E-state index in [4.69, 9.17) is 0 Å². The van der Waals surface area contributed by atoms with Gasteiger partial charge in [0, 0.05) is 17.1 Å². The van der Waals surface area contributed by atoms with Gasteiger partial charge in [-0.05, 0) is 44.2 Å². The number of benzene rings is 1. The van der Waals surface area contributed by atoms with Crippen molar-refractivity contribution >= 4 is 17.7 Å². The Morgan fingerprint density at radius 3 is 2.61 bits per heavy atom. The summed E-state index contributed by atoms with van der Waals surface area (Å²) in [5.74, 6) is 0.397. The fraction of sp³-hybridized carbons (Fsp3) is 0.231. The third-order valence-corrected chi connectivity index (χ3v) is 3.13. The number of rotatable bonds is 4. The van der Waals surface area contributed by atoms with Gasteiger partial charge in [-0.2, -0.15) is 0 Å². The molecule has 5 heteroatoms. The van der Waals surface area contributed by atoms with Crippen LogP contribution in [0.5, 0.6) is 0 Å². The predicted octanol–water partition coefficient (Wildman–Crippen LogP) is 3.51. The maximum atomic E-state index is 12.8. The number of hydrogen-bond acceptors (Lipinski definition) is 4. The molecule has 0 unspecified atom stereocenters. The fourth-order valence-electron chi connectivity index (χ4n) is 1.45. The van der Waals surface area contributed by atoms with Crippen LogP contribution in [0.25, 0.3) is 0 Å². The maximum absolute atomic E-state index is 12.8. The molecule has 0 aliphatic rings. The molecule has 1 heterocycles. The van der Waals surface area contributed by atoms with Crippen LogP contribution in [-0.2, 0) is 0 Å². The van der Waals surface area contributed by atoms with E-state index in [-0.39, 0.29) is 5.82 Å². The van der Waals surface area contributed by atoms with Gasteiger partial charge in [-0.3, -0.25) is 0 Å². The lowest BCUT2D eigenvalue weighted by Crippen LogP contribution is -2.03. The molecule has 3 nitrogen and oxygen atoms in total. The Bertz CT molecular complexity index is 528. The Morgan fingerprint density at radius 1 is 1.22 bits per heavy atom. The molecule has 1 aromatic heterocycles. The average molecular weight is 263 g/mol. The number of hydrogen-bond donors (Lipinski definition) is 1. The van der Waals surface area contributed by atoms with Crippen molar-refractivity contribution < 1.29 is 4.39 Å². The summed E-state index contributed by atoms with van der Waals surface area (Å²) >= 11 is 1.49. The topological polar surface area (TPSA) is 37.8 Å². The molecule has 94 valence electrons. The first-order chi connectivity index (χ1) is 8.67. The van der Waals surface area contributed by atoms with Crippen LogP contribution < -0.4 is 5.32 Å². The van der Waals surface area contributed by atoms with Crippen LogP contribution in [-0.4, -0.2) is 16.5 Å². The van der Waals surface area contributed by atoms with Crippen molar-refractivity contribution in [1.29, 1.82) is 0 Å². The van der Waals surface area contributed by atoms with Crippen LogP contribution in [0.1, 0.15) is 12.6 Å². The molecular weight excluding hydrogens is 249 g/mol. The normalized spacial score (nSPS) is 10.4. The molecule has 0 atom stereocenters. The van der Waals surface area contributed by atoms with Crippen molar-refractivity contribution in [3.05, 3.63) is 41.8 Å². The van der Waals surface area contributed by atoms with E-state index in [2.05, 4.69) is 15.3 Å². The van der Waals surface area contributed by atoms with E-state index in [0.29, 0.717) is 5.95 Å². The summed E-state index contributed by atoms with van der Waals surface area (Å²) in [5, 5.41) is 3.94. The van der Waals surface area contributed by atoms with E-state index >= 15 is 0 Å². The molecule has 0 radical (unpaired) electrons. The summed E-state index contributed by atoms with van der Waals surface area (Å²) in [7, 11) is 0. The number of nitrogens with zero attached hydrogens (tertiary/aromatic N) is 2. The molecule has 0 saturated heterocycles. The van der Waals surface area contributed by atoms with Gasteiger partial charge < -0.3 is 5.32 Å². The first-order valence-corrected chi connectivity index (χ1v) is 6.52. The Morgan fingerprint density at radius 2 is 1.94 bits per heavy atom. The molecule has 0 spiro atoms. The van der Waals surface area contributed by atoms with Gasteiger partial charge in [0.05, 0.1) is 0 Å². The molecule has 0 fully saturated rings. The van der Waals surface area contributed by atoms with E-state index in [9.17, 15) is 4.39 Å². The molecule has 0 amide bonds. The fourth-order valence-corrected chi connectivity index (χ4v) is 2.33. The van der Waals surface area contributed by atoms with Gasteiger partial charge in [0.2, 0.25) is 5.95 Å². The lowest BCUT2D eigenvalue weighted by molar-refractivity contribution is 0.626. The summed E-state index contributed by atoms with van der Waals surface area (Å²) in [6, 6.07) is 8.28. The largest absolute Gasteiger partial charge is 0.354 e. The van der Waals surface area contributed by atoms with Crippen LogP contribution >= 0.6 is 11.8 Å². The number of aryl methyl sites for hydroxylation is 1. The van der Waals surface area contributed by atoms with Crippen molar-refractivity contribution in [1.82, 2.24) is 9.97 Å². The van der Waals surface area contributed by atoms with Gasteiger partial charge in [-0.15, -0.1) is 0 Å². The van der Waals surface area contributed by atoms with E-state index in [1.165, 1.54) is 23.9 Å². The SMILES string of the molecule is CCNc1nc(C)cc(Sc2ccc(F)cc2)n1. The van der Waals surface area contributed by atoms with Crippen molar-refractivity contribution in [2.75, 3.05) is 11.9 Å². The molecule has 0 bridgehead atoms. The van der Waals surface area contributed by atoms with E-state index < -0.39 is 0 Å². The summed E-state index contributed by atoms with van der Waals surface area (Å²) in [4.78, 5) is 9.63. The van der Waals surface area contributed by atoms with E-state index in [1.54, 1.807) is 12.1 Å². The second kappa shape index (κ2) is 5.82. The lowest BCUT2D eigenvalue weighted by Gasteiger charge is -2.06. The van der Waals surface area contributed by atoms with E-state index in [0.717, 1.165) is 22.2 Å². The van der Waals surface area contributed by atoms with Gasteiger partial charge in [0.15, 0.2) is 0 Å². The first-order valence-electron chi connectivity index (χ1n) is 5.70. The van der Waals surface area contributed by atoms with Crippen molar-refractivity contribution in [2.45, 2.75) is 23.8 Å². The number of nitrogens with one attached hydrogen (secondary N) is 1. The Balaban J connectivity index is 2.20. The molecule has 0 aliphatic carbocycles. The van der Waals surface area contributed by atoms with Crippen molar-refractivity contribution in [3.63, 3.8) is 0 Å². The van der Waals surface area contributed by atoms with Crippen LogP contribution in [0.2, 0.25) is 0 Å². The number of halogens is 1. The predicted molar refractivity (Wildman–Crippen MR) is 71.5 cm³/mol. The number of anilines is 1. The van der Waals surface area contributed by atoms with Crippen molar-refractivity contribution in [3.8, 4) is 0 Å². The van der Waals surface area contributed by atoms with Gasteiger partial charge in [-0.1, -0.05) is 11.8 Å². The summed E-state index contributed by atoms with van der Waals surface area (Å²) in [6.45, 7) is 4.71. The number of aromatic nitrogens is 2. The van der Waals surface area contributed by atoms with E-state index in [1.807, 2.05) is 19.9 Å². The third-order valence-electron chi connectivity index (χ3n) is 2.20. The molecule has 0 aliphatic heterocycles. The minimum Gasteiger partial charge on any atom is -0.354 e. The Labute approximate surface area is 110 Å². The smallest absolute Gasteiger partial charge is 0.223 e. The average Bonchev–Trinajstić information content (AvgIpc) is 2.32. The van der Waals surface area contributed by atoms with Gasteiger partial charge in [-0.25, -0.2) is 14.4 Å². The maximum Gasteiger partial charge on any atom is 0.223 e. The highest BCUT2D eigenvalue weighted by atomic mass is 32.2. The first kappa shape index (κ1) is 12.8. The highest BCUT2D eigenvalue weighted by molar-refractivity contribution is 7.99. The molecule has 2 aromatic rings. The second-order valence-corrected chi connectivity index (χ2v) is 4.85. The van der Waals surface area contributed by atoms with Crippen LogP contribution in [0.4, 0.5) is 10.3 Å². The van der Waals surface area contributed by atoms with Crippen LogP contribution in [0.15, 0.2) is 40.3 Å². The molecular formula is C13H14FN3S. The summed E-state index contributed by atoms with van der Waals surface area (Å²) in [6.07, 6.45) is 0. The zero-order valence-corrected chi connectivity index (χ0v) is 11.1. The second-order valence-electron chi connectivity index (χ2n) is 3.76. The molecule has 1 N–H and O–H groups in total. The van der Waals surface area contributed by atoms with Crippen molar-refractivity contribution in [2.24, 2.45) is 0 Å². The van der Waals surface area contributed by atoms with Gasteiger partial charge >= 0.3 is 0 Å². The molecule has 2 rings (SSSR count). The standard InChI is InChI=1S/C13H14FN3S/c1-3-15-13-16-9(2)8-12(17-13)18-11-6-4-10(14)5-7-11/h4-8H,3H2,1-2H3,(H,15,16,17). The summed E-state index contributed by atoms with van der Waals surface area (Å²) < 4.78 is 12.8. The zero-order chi connectivity index (χ0) is 13.0. The minimum atomic E-state index is -0.230. The zero-order valence-electron chi connectivity index (χ0n) is 10.3. The molecule has 0 saturated carbocycles. The summed E-state index contributed by atoms with van der Waals surface area (Å²) in [5.41, 5.74) is 0.908. The monoisotopic (exact) mass is 263 g/mol. The molecule has 18 heavy (non-hydrogen) atoms. The van der Waals surface area contributed by atoms with Gasteiger partial charge in [0.25, 0.3) is 0 Å². The van der Waals surface area contributed by atoms with Crippen LogP contribution in [0, 0.1) is 12.7 Å².